The standard InChI is InChI=1S/C17H30N2/c1-8-19(9-2)17(5,6)16(18-7)15-12-10-11-13(3)14(15)4/h10-12,16,18H,8-9H2,1-7H3. The van der Waals surface area contributed by atoms with Crippen molar-refractivity contribution < 1.29 is 0 Å². The van der Waals surface area contributed by atoms with Crippen LogP contribution in [0.2, 0.25) is 0 Å². The molecule has 1 aromatic rings. The summed E-state index contributed by atoms with van der Waals surface area (Å²) in [6.07, 6.45) is 0. The maximum Gasteiger partial charge on any atom is 0.0502 e. The molecule has 1 rings (SSSR count). The molecule has 0 aliphatic carbocycles. The number of hydrogen-bond donors (Lipinski definition) is 1. The third-order valence-electron chi connectivity index (χ3n) is 4.53. The fourth-order valence-corrected chi connectivity index (χ4v) is 3.20. The van der Waals surface area contributed by atoms with Gasteiger partial charge in [-0.25, -0.2) is 0 Å². The highest BCUT2D eigenvalue weighted by atomic mass is 15.2. The lowest BCUT2D eigenvalue weighted by molar-refractivity contribution is 0.0942. The molecule has 1 atom stereocenters. The van der Waals surface area contributed by atoms with Gasteiger partial charge < -0.3 is 5.32 Å². The van der Waals surface area contributed by atoms with Crippen LogP contribution in [0.15, 0.2) is 18.2 Å². The summed E-state index contributed by atoms with van der Waals surface area (Å²) in [6, 6.07) is 6.96. The van der Waals surface area contributed by atoms with E-state index >= 15 is 0 Å². The molecule has 0 aliphatic heterocycles. The molecule has 1 aromatic carbocycles. The van der Waals surface area contributed by atoms with Crippen molar-refractivity contribution in [2.75, 3.05) is 20.1 Å². The van der Waals surface area contributed by atoms with Crippen LogP contribution in [0.25, 0.3) is 0 Å². The summed E-state index contributed by atoms with van der Waals surface area (Å²) < 4.78 is 0. The SMILES string of the molecule is CCN(CC)C(C)(C)C(NC)c1cccc(C)c1C. The molecule has 2 nitrogen and oxygen atoms in total. The van der Waals surface area contributed by atoms with E-state index in [1.807, 2.05) is 0 Å². The summed E-state index contributed by atoms with van der Waals surface area (Å²) in [7, 11) is 2.07. The zero-order valence-corrected chi connectivity index (χ0v) is 13.7. The predicted octanol–water partition coefficient (Wildman–Crippen LogP) is 3.68. The zero-order chi connectivity index (χ0) is 14.6. The Morgan fingerprint density at radius 2 is 1.74 bits per heavy atom. The zero-order valence-electron chi connectivity index (χ0n) is 13.7. The molecule has 0 saturated carbocycles. The molecular formula is C17H30N2. The van der Waals surface area contributed by atoms with Crippen LogP contribution in [-0.4, -0.2) is 30.6 Å². The number of likely N-dealkylation sites (N-methyl/N-ethyl adjacent to an activating group) is 2. The number of nitrogens with zero attached hydrogens (tertiary/aromatic N) is 1. The summed E-state index contributed by atoms with van der Waals surface area (Å²) in [4.78, 5) is 2.52. The molecule has 1 N–H and O–H groups in total. The third-order valence-corrected chi connectivity index (χ3v) is 4.53. The fraction of sp³-hybridized carbons (Fsp3) is 0.647. The Morgan fingerprint density at radius 1 is 1.16 bits per heavy atom. The van der Waals surface area contributed by atoms with Crippen molar-refractivity contribution >= 4 is 0 Å². The molecule has 0 amide bonds. The van der Waals surface area contributed by atoms with E-state index in [2.05, 4.69) is 77.0 Å². The largest absolute Gasteiger partial charge is 0.311 e. The van der Waals surface area contributed by atoms with Gasteiger partial charge in [-0.1, -0.05) is 32.0 Å². The van der Waals surface area contributed by atoms with Crippen LogP contribution >= 0.6 is 0 Å². The average molecular weight is 262 g/mol. The molecule has 2 heteroatoms. The van der Waals surface area contributed by atoms with Crippen molar-refractivity contribution in [1.82, 2.24) is 10.2 Å². The molecule has 0 aliphatic rings. The van der Waals surface area contributed by atoms with Gasteiger partial charge in [-0.3, -0.25) is 4.90 Å². The number of hydrogen-bond acceptors (Lipinski definition) is 2. The maximum absolute atomic E-state index is 3.53. The van der Waals surface area contributed by atoms with E-state index in [1.54, 1.807) is 0 Å². The molecule has 0 bridgehead atoms. The van der Waals surface area contributed by atoms with E-state index in [0.29, 0.717) is 6.04 Å². The summed E-state index contributed by atoms with van der Waals surface area (Å²) in [5, 5.41) is 3.53. The summed E-state index contributed by atoms with van der Waals surface area (Å²) in [5.41, 5.74) is 4.28. The predicted molar refractivity (Wildman–Crippen MR) is 84.7 cm³/mol. The van der Waals surface area contributed by atoms with Crippen LogP contribution in [0, 0.1) is 13.8 Å². The lowest BCUT2D eigenvalue weighted by atomic mass is 9.84. The minimum atomic E-state index is 0.0941. The first-order valence-electron chi connectivity index (χ1n) is 7.38. The van der Waals surface area contributed by atoms with Gasteiger partial charge in [0.05, 0.1) is 6.04 Å². The molecule has 19 heavy (non-hydrogen) atoms. The van der Waals surface area contributed by atoms with Gasteiger partial charge in [-0.15, -0.1) is 0 Å². The summed E-state index contributed by atoms with van der Waals surface area (Å²) in [5.74, 6) is 0. The van der Waals surface area contributed by atoms with E-state index in [-0.39, 0.29) is 5.54 Å². The maximum atomic E-state index is 3.53. The molecule has 1 unspecified atom stereocenters. The van der Waals surface area contributed by atoms with Crippen LogP contribution in [0.5, 0.6) is 0 Å². The number of aryl methyl sites for hydroxylation is 1. The van der Waals surface area contributed by atoms with Gasteiger partial charge in [-0.05, 0) is 64.5 Å². The minimum absolute atomic E-state index is 0.0941. The second-order valence-electron chi connectivity index (χ2n) is 5.84. The normalized spacial score (nSPS) is 13.9. The van der Waals surface area contributed by atoms with E-state index in [4.69, 9.17) is 0 Å². The van der Waals surface area contributed by atoms with Gasteiger partial charge in [0, 0.05) is 5.54 Å². The fourth-order valence-electron chi connectivity index (χ4n) is 3.20. The van der Waals surface area contributed by atoms with Gasteiger partial charge in [0.1, 0.15) is 0 Å². The van der Waals surface area contributed by atoms with Gasteiger partial charge >= 0.3 is 0 Å². The Balaban J connectivity index is 3.22. The monoisotopic (exact) mass is 262 g/mol. The van der Waals surface area contributed by atoms with Crippen LogP contribution in [0.1, 0.15) is 50.4 Å². The van der Waals surface area contributed by atoms with Crippen LogP contribution in [-0.2, 0) is 0 Å². The van der Waals surface area contributed by atoms with Crippen molar-refractivity contribution in [3.63, 3.8) is 0 Å². The molecule has 0 heterocycles. The quantitative estimate of drug-likeness (QED) is 0.841. The van der Waals surface area contributed by atoms with E-state index in [1.165, 1.54) is 16.7 Å². The molecule has 0 fully saturated rings. The number of benzene rings is 1. The Morgan fingerprint density at radius 3 is 2.21 bits per heavy atom. The van der Waals surface area contributed by atoms with Gasteiger partial charge in [0.25, 0.3) is 0 Å². The highest BCUT2D eigenvalue weighted by Gasteiger charge is 2.34. The average Bonchev–Trinajstić information content (AvgIpc) is 2.36. The lowest BCUT2D eigenvalue weighted by Gasteiger charge is -2.44. The van der Waals surface area contributed by atoms with Gasteiger partial charge in [-0.2, -0.15) is 0 Å². The summed E-state index contributed by atoms with van der Waals surface area (Å²) in [6.45, 7) is 15.7. The molecule has 108 valence electrons. The Bertz CT molecular complexity index is 406. The van der Waals surface area contributed by atoms with Crippen LogP contribution in [0.3, 0.4) is 0 Å². The smallest absolute Gasteiger partial charge is 0.0502 e. The minimum Gasteiger partial charge on any atom is -0.311 e. The first-order valence-corrected chi connectivity index (χ1v) is 7.38. The molecule has 0 saturated heterocycles. The Kier molecular flexibility index (Phi) is 5.57. The highest BCUT2D eigenvalue weighted by Crippen LogP contribution is 2.33. The van der Waals surface area contributed by atoms with Crippen LogP contribution in [0.4, 0.5) is 0 Å². The molecular weight excluding hydrogens is 232 g/mol. The van der Waals surface area contributed by atoms with Gasteiger partial charge in [0.2, 0.25) is 0 Å². The van der Waals surface area contributed by atoms with Crippen molar-refractivity contribution in [2.45, 2.75) is 53.1 Å². The van der Waals surface area contributed by atoms with Crippen LogP contribution < -0.4 is 5.32 Å². The topological polar surface area (TPSA) is 15.3 Å². The van der Waals surface area contributed by atoms with Crippen molar-refractivity contribution in [3.05, 3.63) is 34.9 Å². The highest BCUT2D eigenvalue weighted by molar-refractivity contribution is 5.37. The molecule has 0 radical (unpaired) electrons. The van der Waals surface area contributed by atoms with Crippen molar-refractivity contribution in [1.29, 1.82) is 0 Å². The first kappa shape index (κ1) is 16.2. The molecule has 0 aromatic heterocycles. The number of nitrogens with one attached hydrogen (secondary N) is 1. The van der Waals surface area contributed by atoms with E-state index < -0.39 is 0 Å². The van der Waals surface area contributed by atoms with Crippen molar-refractivity contribution in [2.24, 2.45) is 0 Å². The van der Waals surface area contributed by atoms with E-state index in [0.717, 1.165) is 13.1 Å². The van der Waals surface area contributed by atoms with Crippen molar-refractivity contribution in [3.8, 4) is 0 Å². The second kappa shape index (κ2) is 6.53. The first-order chi connectivity index (χ1) is 8.89. The van der Waals surface area contributed by atoms with Gasteiger partial charge in [0.15, 0.2) is 0 Å². The molecule has 0 spiro atoms. The lowest BCUT2D eigenvalue weighted by Crippen LogP contribution is -2.52. The second-order valence-corrected chi connectivity index (χ2v) is 5.84. The Hall–Kier alpha value is -0.860. The number of rotatable bonds is 6. The van der Waals surface area contributed by atoms with E-state index in [9.17, 15) is 0 Å². The Labute approximate surface area is 119 Å². The third kappa shape index (κ3) is 3.18. The summed E-state index contributed by atoms with van der Waals surface area (Å²) >= 11 is 0.